The number of carbonyl (C=O) groups is 2. The van der Waals surface area contributed by atoms with E-state index in [2.05, 4.69) is 35.9 Å². The standard InChI is InChI=1S/C18H34N4O3/c1-18(2,3)4-5-19-16(23)14-20-6-8-22(9-7-20)17(24)15-21-10-12-25-13-11-21/h4-15H2,1-3H3,(H,19,23). The van der Waals surface area contributed by atoms with Gasteiger partial charge in [0.15, 0.2) is 0 Å². The first kappa shape index (κ1) is 20.1. The van der Waals surface area contributed by atoms with Crippen molar-refractivity contribution in [3.63, 3.8) is 0 Å². The number of nitrogens with zero attached hydrogens (tertiary/aromatic N) is 3. The highest BCUT2D eigenvalue weighted by atomic mass is 16.5. The van der Waals surface area contributed by atoms with Crippen LogP contribution in [0.2, 0.25) is 0 Å². The van der Waals surface area contributed by atoms with Gasteiger partial charge in [-0.15, -0.1) is 0 Å². The lowest BCUT2D eigenvalue weighted by molar-refractivity contribution is -0.135. The van der Waals surface area contributed by atoms with E-state index in [9.17, 15) is 9.59 Å². The van der Waals surface area contributed by atoms with E-state index in [1.165, 1.54) is 0 Å². The molecule has 0 atom stereocenters. The summed E-state index contributed by atoms with van der Waals surface area (Å²) in [6.45, 7) is 14.2. The smallest absolute Gasteiger partial charge is 0.236 e. The van der Waals surface area contributed by atoms with Crippen molar-refractivity contribution >= 4 is 11.8 Å². The fourth-order valence-electron chi connectivity index (χ4n) is 3.04. The number of morpholine rings is 1. The maximum atomic E-state index is 12.4. The number of carbonyl (C=O) groups excluding carboxylic acids is 2. The Hall–Kier alpha value is -1.18. The van der Waals surface area contributed by atoms with Crippen LogP contribution in [0.1, 0.15) is 27.2 Å². The minimum atomic E-state index is 0.0809. The third-order valence-electron chi connectivity index (χ3n) is 4.75. The van der Waals surface area contributed by atoms with Crippen LogP contribution in [0.3, 0.4) is 0 Å². The molecule has 0 aromatic carbocycles. The fourth-order valence-corrected chi connectivity index (χ4v) is 3.04. The summed E-state index contributed by atoms with van der Waals surface area (Å²) in [5, 5.41) is 3.00. The summed E-state index contributed by atoms with van der Waals surface area (Å²) < 4.78 is 5.31. The van der Waals surface area contributed by atoms with Crippen LogP contribution in [0.4, 0.5) is 0 Å². The molecule has 1 N–H and O–H groups in total. The number of hydrogen-bond donors (Lipinski definition) is 1. The molecule has 2 saturated heterocycles. The molecule has 0 aliphatic carbocycles. The number of hydrogen-bond acceptors (Lipinski definition) is 5. The van der Waals surface area contributed by atoms with Crippen LogP contribution in [-0.4, -0.2) is 98.6 Å². The molecular weight excluding hydrogens is 320 g/mol. The minimum Gasteiger partial charge on any atom is -0.379 e. The number of amides is 2. The molecule has 2 amide bonds. The Labute approximate surface area is 151 Å². The Bertz CT molecular complexity index is 436. The molecular formula is C18H34N4O3. The molecule has 144 valence electrons. The van der Waals surface area contributed by atoms with Gasteiger partial charge in [0.2, 0.25) is 11.8 Å². The summed E-state index contributed by atoms with van der Waals surface area (Å²) >= 11 is 0. The first-order valence-corrected chi connectivity index (χ1v) is 9.40. The van der Waals surface area contributed by atoms with Gasteiger partial charge >= 0.3 is 0 Å². The van der Waals surface area contributed by atoms with E-state index in [-0.39, 0.29) is 17.2 Å². The van der Waals surface area contributed by atoms with Crippen molar-refractivity contribution in [3.05, 3.63) is 0 Å². The van der Waals surface area contributed by atoms with Gasteiger partial charge in [-0.2, -0.15) is 0 Å². The quantitative estimate of drug-likeness (QED) is 0.728. The Kier molecular flexibility index (Phi) is 7.65. The van der Waals surface area contributed by atoms with Crippen LogP contribution in [-0.2, 0) is 14.3 Å². The zero-order valence-corrected chi connectivity index (χ0v) is 16.1. The van der Waals surface area contributed by atoms with Crippen LogP contribution < -0.4 is 5.32 Å². The van der Waals surface area contributed by atoms with Crippen molar-refractivity contribution in [1.29, 1.82) is 0 Å². The molecule has 2 fully saturated rings. The zero-order chi connectivity index (χ0) is 18.3. The summed E-state index contributed by atoms with van der Waals surface area (Å²) in [6, 6.07) is 0. The van der Waals surface area contributed by atoms with Gasteiger partial charge in [0.25, 0.3) is 0 Å². The molecule has 0 bridgehead atoms. The predicted molar refractivity (Wildman–Crippen MR) is 97.4 cm³/mol. The summed E-state index contributed by atoms with van der Waals surface area (Å²) in [4.78, 5) is 30.6. The van der Waals surface area contributed by atoms with Crippen LogP contribution in [0.5, 0.6) is 0 Å². The van der Waals surface area contributed by atoms with Gasteiger partial charge in [-0.1, -0.05) is 20.8 Å². The monoisotopic (exact) mass is 354 g/mol. The minimum absolute atomic E-state index is 0.0809. The van der Waals surface area contributed by atoms with Crippen molar-refractivity contribution in [1.82, 2.24) is 20.0 Å². The highest BCUT2D eigenvalue weighted by molar-refractivity contribution is 5.79. The molecule has 2 heterocycles. The molecule has 0 saturated carbocycles. The Morgan fingerprint density at radius 3 is 2.12 bits per heavy atom. The van der Waals surface area contributed by atoms with E-state index >= 15 is 0 Å². The number of nitrogens with one attached hydrogen (secondary N) is 1. The zero-order valence-electron chi connectivity index (χ0n) is 16.1. The van der Waals surface area contributed by atoms with E-state index in [1.54, 1.807) is 0 Å². The van der Waals surface area contributed by atoms with Crippen LogP contribution in [0.15, 0.2) is 0 Å². The first-order chi connectivity index (χ1) is 11.8. The van der Waals surface area contributed by atoms with Crippen LogP contribution >= 0.6 is 0 Å². The summed E-state index contributed by atoms with van der Waals surface area (Å²) in [6.07, 6.45) is 0.975. The molecule has 7 heteroatoms. The lowest BCUT2D eigenvalue weighted by atomic mass is 9.92. The van der Waals surface area contributed by atoms with Crippen LogP contribution in [0.25, 0.3) is 0 Å². The summed E-state index contributed by atoms with van der Waals surface area (Å²) in [5.74, 6) is 0.272. The van der Waals surface area contributed by atoms with Crippen molar-refractivity contribution in [2.75, 3.05) is 72.1 Å². The maximum Gasteiger partial charge on any atom is 0.236 e. The molecule has 25 heavy (non-hydrogen) atoms. The van der Waals surface area contributed by atoms with E-state index in [4.69, 9.17) is 4.74 Å². The topological polar surface area (TPSA) is 65.1 Å². The molecule has 7 nitrogen and oxygen atoms in total. The second kappa shape index (κ2) is 9.50. The highest BCUT2D eigenvalue weighted by Crippen LogP contribution is 2.16. The average Bonchev–Trinajstić information content (AvgIpc) is 2.55. The lowest BCUT2D eigenvalue weighted by Gasteiger charge is -2.36. The summed E-state index contributed by atoms with van der Waals surface area (Å²) in [7, 11) is 0. The third-order valence-corrected chi connectivity index (χ3v) is 4.75. The van der Waals surface area contributed by atoms with Gasteiger partial charge in [-0.3, -0.25) is 19.4 Å². The average molecular weight is 354 g/mol. The SMILES string of the molecule is CC(C)(C)CCNC(=O)CN1CCN(C(=O)CN2CCOCC2)CC1. The normalized spacial score (nSPS) is 20.5. The molecule has 2 aliphatic heterocycles. The molecule has 2 aliphatic rings. The molecule has 2 rings (SSSR count). The van der Waals surface area contributed by atoms with Crippen LogP contribution in [0, 0.1) is 5.41 Å². The van der Waals surface area contributed by atoms with Gasteiger partial charge in [0, 0.05) is 45.8 Å². The number of piperazine rings is 1. The van der Waals surface area contributed by atoms with Crippen molar-refractivity contribution < 1.29 is 14.3 Å². The van der Waals surface area contributed by atoms with Gasteiger partial charge in [-0.05, 0) is 11.8 Å². The fraction of sp³-hybridized carbons (Fsp3) is 0.889. The van der Waals surface area contributed by atoms with E-state index in [0.29, 0.717) is 39.4 Å². The molecule has 0 spiro atoms. The number of rotatable bonds is 6. The Morgan fingerprint density at radius 1 is 0.920 bits per heavy atom. The third kappa shape index (κ3) is 7.71. The second-order valence-corrected chi connectivity index (χ2v) is 8.21. The Morgan fingerprint density at radius 2 is 1.52 bits per heavy atom. The molecule has 0 radical (unpaired) electrons. The van der Waals surface area contributed by atoms with Gasteiger partial charge in [-0.25, -0.2) is 0 Å². The highest BCUT2D eigenvalue weighted by Gasteiger charge is 2.24. The molecule has 0 unspecified atom stereocenters. The van der Waals surface area contributed by atoms with Gasteiger partial charge in [0.1, 0.15) is 0 Å². The largest absolute Gasteiger partial charge is 0.379 e. The molecule has 0 aromatic rings. The van der Waals surface area contributed by atoms with Gasteiger partial charge in [0.05, 0.1) is 26.3 Å². The summed E-state index contributed by atoms with van der Waals surface area (Å²) in [5.41, 5.74) is 0.236. The van der Waals surface area contributed by atoms with E-state index in [0.717, 1.165) is 39.1 Å². The molecule has 0 aromatic heterocycles. The van der Waals surface area contributed by atoms with E-state index in [1.807, 2.05) is 4.90 Å². The first-order valence-electron chi connectivity index (χ1n) is 9.40. The lowest BCUT2D eigenvalue weighted by Crippen LogP contribution is -2.53. The predicted octanol–water partition coefficient (Wildman–Crippen LogP) is 0.0152. The van der Waals surface area contributed by atoms with Crippen molar-refractivity contribution in [2.24, 2.45) is 5.41 Å². The Balaban J connectivity index is 1.62. The van der Waals surface area contributed by atoms with Gasteiger partial charge < -0.3 is 15.0 Å². The number of ether oxygens (including phenoxy) is 1. The van der Waals surface area contributed by atoms with Crippen molar-refractivity contribution in [3.8, 4) is 0 Å². The second-order valence-electron chi connectivity index (χ2n) is 8.21. The van der Waals surface area contributed by atoms with Crippen molar-refractivity contribution in [2.45, 2.75) is 27.2 Å². The van der Waals surface area contributed by atoms with E-state index < -0.39 is 0 Å². The maximum absolute atomic E-state index is 12.4.